The zero-order chi connectivity index (χ0) is 20.2. The average molecular weight is 415 g/mol. The number of nitrogens with zero attached hydrogens (tertiary/aromatic N) is 4. The van der Waals surface area contributed by atoms with Crippen LogP contribution in [0, 0.1) is 34.9 Å². The quantitative estimate of drug-likeness (QED) is 0.407. The van der Waals surface area contributed by atoms with Gasteiger partial charge in [-0.3, -0.25) is 4.57 Å². The second-order valence-corrected chi connectivity index (χ2v) is 9.24. The van der Waals surface area contributed by atoms with Crippen molar-refractivity contribution in [2.45, 2.75) is 63.3 Å². The molecule has 2 fully saturated rings. The number of thioether (sulfide) groups is 1. The highest BCUT2D eigenvalue weighted by Crippen LogP contribution is 2.52. The fourth-order valence-corrected chi connectivity index (χ4v) is 5.99. The first-order chi connectivity index (χ1) is 14.2. The van der Waals surface area contributed by atoms with Crippen molar-refractivity contribution in [1.29, 1.82) is 5.26 Å². The lowest BCUT2D eigenvalue weighted by Crippen LogP contribution is -2.24. The maximum absolute atomic E-state index is 13.9. The van der Waals surface area contributed by atoms with E-state index in [1.807, 2.05) is 0 Å². The number of ether oxygens (including phenoxy) is 1. The Morgan fingerprint density at radius 2 is 2.17 bits per heavy atom. The zero-order valence-electron chi connectivity index (χ0n) is 16.8. The second kappa shape index (κ2) is 9.17. The molecular formula is C22H27FN4OS. The van der Waals surface area contributed by atoms with E-state index >= 15 is 0 Å². The summed E-state index contributed by atoms with van der Waals surface area (Å²) in [6.07, 6.45) is 6.70. The molecule has 1 heterocycles. The lowest BCUT2D eigenvalue weighted by Gasteiger charge is -2.30. The van der Waals surface area contributed by atoms with Crippen LogP contribution in [0.1, 0.15) is 57.3 Å². The molecule has 2 aromatic rings. The molecule has 0 radical (unpaired) electrons. The van der Waals surface area contributed by atoms with E-state index in [2.05, 4.69) is 27.8 Å². The first-order valence-electron chi connectivity index (χ1n) is 10.5. The predicted molar refractivity (Wildman–Crippen MR) is 110 cm³/mol. The lowest BCUT2D eigenvalue weighted by atomic mass is 9.84. The van der Waals surface area contributed by atoms with Crippen LogP contribution in [0.2, 0.25) is 0 Å². The van der Waals surface area contributed by atoms with Gasteiger partial charge in [-0.2, -0.15) is 5.26 Å². The van der Waals surface area contributed by atoms with Crippen LogP contribution in [0.5, 0.6) is 5.75 Å². The summed E-state index contributed by atoms with van der Waals surface area (Å²) in [6, 6.07) is 8.92. The normalized spacial score (nSPS) is 23.8. The van der Waals surface area contributed by atoms with Gasteiger partial charge in [0.2, 0.25) is 0 Å². The summed E-state index contributed by atoms with van der Waals surface area (Å²) in [5, 5.41) is 18.5. The number of aromatic nitrogens is 3. The Hall–Kier alpha value is -2.07. The molecule has 2 aliphatic carbocycles. The highest BCUT2D eigenvalue weighted by Gasteiger charge is 2.43. The third-order valence-corrected chi connectivity index (χ3v) is 7.44. The van der Waals surface area contributed by atoms with Crippen molar-refractivity contribution in [2.24, 2.45) is 17.8 Å². The zero-order valence-corrected chi connectivity index (χ0v) is 17.6. The Kier molecular flexibility index (Phi) is 6.39. The van der Waals surface area contributed by atoms with Gasteiger partial charge in [0, 0.05) is 18.2 Å². The number of nitriles is 1. The second-order valence-electron chi connectivity index (χ2n) is 8.18. The first-order valence-corrected chi connectivity index (χ1v) is 11.5. The Bertz CT molecular complexity index is 880. The molecule has 29 heavy (non-hydrogen) atoms. The number of benzene rings is 1. The topological polar surface area (TPSA) is 63.7 Å². The molecule has 4 rings (SSSR count). The number of fused-ring (bicyclic) bond motifs is 2. The Balaban J connectivity index is 1.53. The molecule has 154 valence electrons. The van der Waals surface area contributed by atoms with E-state index in [0.717, 1.165) is 35.0 Å². The average Bonchev–Trinajstić information content (AvgIpc) is 3.46. The molecule has 0 spiro atoms. The van der Waals surface area contributed by atoms with E-state index in [1.54, 1.807) is 30.0 Å². The van der Waals surface area contributed by atoms with Gasteiger partial charge in [0.05, 0.1) is 6.07 Å². The van der Waals surface area contributed by atoms with E-state index in [4.69, 9.17) is 10.00 Å². The number of hydrogen-bond acceptors (Lipinski definition) is 5. The van der Waals surface area contributed by atoms with Gasteiger partial charge >= 0.3 is 0 Å². The maximum Gasteiger partial charge on any atom is 0.191 e. The van der Waals surface area contributed by atoms with Crippen molar-refractivity contribution in [3.63, 3.8) is 0 Å². The minimum absolute atomic E-state index is 0.192. The summed E-state index contributed by atoms with van der Waals surface area (Å²) in [7, 11) is 0. The molecule has 0 saturated heterocycles. The third-order valence-electron chi connectivity index (χ3n) is 6.41. The first kappa shape index (κ1) is 20.2. The summed E-state index contributed by atoms with van der Waals surface area (Å²) < 4.78 is 21.9. The van der Waals surface area contributed by atoms with Gasteiger partial charge in [0.15, 0.2) is 22.5 Å². The van der Waals surface area contributed by atoms with Crippen molar-refractivity contribution >= 4 is 11.8 Å². The SMILES string of the molecule is CC(C1CC2CCC1C2)n1c(COc2ccccc2F)nnc1SCCCC#N. The molecule has 0 N–H and O–H groups in total. The van der Waals surface area contributed by atoms with Crippen molar-refractivity contribution in [3.05, 3.63) is 35.9 Å². The standard InChI is InChI=1S/C22H27FN4OS/c1-15(18-13-16-8-9-17(18)12-16)27-21(14-28-20-7-3-2-6-19(20)23)25-26-22(27)29-11-5-4-10-24/h2-3,6-7,15-18H,4-5,8-9,11-14H2,1H3. The number of halogens is 1. The van der Waals surface area contributed by atoms with Crippen LogP contribution in [-0.2, 0) is 6.61 Å². The van der Waals surface area contributed by atoms with E-state index < -0.39 is 0 Å². The van der Waals surface area contributed by atoms with E-state index in [0.29, 0.717) is 12.3 Å². The molecule has 2 aliphatic rings. The highest BCUT2D eigenvalue weighted by molar-refractivity contribution is 7.99. The number of rotatable bonds is 9. The van der Waals surface area contributed by atoms with Gasteiger partial charge in [-0.05, 0) is 62.5 Å². The van der Waals surface area contributed by atoms with Crippen molar-refractivity contribution in [2.75, 3.05) is 5.75 Å². The van der Waals surface area contributed by atoms with Gasteiger partial charge in [-0.25, -0.2) is 4.39 Å². The maximum atomic E-state index is 13.9. The Labute approximate surface area is 175 Å². The molecule has 1 aromatic heterocycles. The molecule has 5 nitrogen and oxygen atoms in total. The van der Waals surface area contributed by atoms with E-state index in [9.17, 15) is 4.39 Å². The number of para-hydroxylation sites is 1. The third kappa shape index (κ3) is 4.42. The fraction of sp³-hybridized carbons (Fsp3) is 0.591. The van der Waals surface area contributed by atoms with Crippen LogP contribution in [-0.4, -0.2) is 20.5 Å². The van der Waals surface area contributed by atoms with E-state index in [1.165, 1.54) is 31.7 Å². The molecule has 2 bridgehead atoms. The summed E-state index contributed by atoms with van der Waals surface area (Å²) >= 11 is 1.65. The van der Waals surface area contributed by atoms with Crippen molar-refractivity contribution in [3.8, 4) is 11.8 Å². The lowest BCUT2D eigenvalue weighted by molar-refractivity contribution is 0.215. The van der Waals surface area contributed by atoms with Crippen molar-refractivity contribution in [1.82, 2.24) is 14.8 Å². The van der Waals surface area contributed by atoms with Crippen LogP contribution in [0.25, 0.3) is 0 Å². The fourth-order valence-electron chi connectivity index (χ4n) is 5.01. The summed E-state index contributed by atoms with van der Waals surface area (Å²) in [4.78, 5) is 0. The van der Waals surface area contributed by atoms with Crippen LogP contribution >= 0.6 is 11.8 Å². The van der Waals surface area contributed by atoms with Crippen LogP contribution in [0.3, 0.4) is 0 Å². The minimum atomic E-state index is -0.370. The van der Waals surface area contributed by atoms with Gasteiger partial charge < -0.3 is 4.74 Å². The number of unbranched alkanes of at least 4 members (excludes halogenated alkanes) is 1. The molecule has 0 amide bonds. The Morgan fingerprint density at radius 3 is 2.90 bits per heavy atom. The molecule has 1 aromatic carbocycles. The van der Waals surface area contributed by atoms with Crippen LogP contribution in [0.4, 0.5) is 4.39 Å². The molecule has 4 atom stereocenters. The molecular weight excluding hydrogens is 387 g/mol. The Morgan fingerprint density at radius 1 is 1.31 bits per heavy atom. The number of hydrogen-bond donors (Lipinski definition) is 0. The minimum Gasteiger partial charge on any atom is -0.483 e. The molecule has 2 saturated carbocycles. The summed E-state index contributed by atoms with van der Waals surface area (Å²) in [5.41, 5.74) is 0. The predicted octanol–water partition coefficient (Wildman–Crippen LogP) is 5.39. The van der Waals surface area contributed by atoms with Crippen LogP contribution < -0.4 is 4.74 Å². The van der Waals surface area contributed by atoms with Gasteiger partial charge in [0.25, 0.3) is 0 Å². The van der Waals surface area contributed by atoms with Crippen LogP contribution in [0.15, 0.2) is 29.4 Å². The van der Waals surface area contributed by atoms with Crippen molar-refractivity contribution < 1.29 is 9.13 Å². The summed E-state index contributed by atoms with van der Waals surface area (Å²) in [5.74, 6) is 3.73. The summed E-state index contributed by atoms with van der Waals surface area (Å²) in [6.45, 7) is 2.46. The van der Waals surface area contributed by atoms with E-state index in [-0.39, 0.29) is 24.2 Å². The molecule has 4 unspecified atom stereocenters. The van der Waals surface area contributed by atoms with Gasteiger partial charge in [-0.1, -0.05) is 30.3 Å². The molecule has 7 heteroatoms. The highest BCUT2D eigenvalue weighted by atomic mass is 32.2. The van der Waals surface area contributed by atoms with Gasteiger partial charge in [0.1, 0.15) is 6.61 Å². The van der Waals surface area contributed by atoms with Gasteiger partial charge in [-0.15, -0.1) is 10.2 Å². The monoisotopic (exact) mass is 414 g/mol. The smallest absolute Gasteiger partial charge is 0.191 e. The molecule has 0 aliphatic heterocycles. The largest absolute Gasteiger partial charge is 0.483 e.